The third-order valence-electron chi connectivity index (χ3n) is 3.82. The molecule has 1 atom stereocenters. The molecular weight excluding hydrogens is 265 g/mol. The summed E-state index contributed by atoms with van der Waals surface area (Å²) in [5, 5.41) is 3.34. The van der Waals surface area contributed by atoms with E-state index in [4.69, 9.17) is 0 Å². The lowest BCUT2D eigenvalue weighted by atomic mass is 9.89. The Morgan fingerprint density at radius 3 is 2.70 bits per heavy atom. The van der Waals surface area contributed by atoms with Crippen LogP contribution in [0.15, 0.2) is 24.3 Å². The van der Waals surface area contributed by atoms with E-state index in [1.165, 1.54) is 12.1 Å². The summed E-state index contributed by atoms with van der Waals surface area (Å²) >= 11 is 0. The van der Waals surface area contributed by atoms with Gasteiger partial charge in [-0.1, -0.05) is 25.1 Å². The van der Waals surface area contributed by atoms with E-state index >= 15 is 0 Å². The highest BCUT2D eigenvalue weighted by Crippen LogP contribution is 2.30. The zero-order valence-electron chi connectivity index (χ0n) is 11.9. The third kappa shape index (κ3) is 3.96. The molecule has 1 aliphatic rings. The van der Waals surface area contributed by atoms with Crippen molar-refractivity contribution in [1.82, 2.24) is 10.2 Å². The molecule has 0 spiro atoms. The fourth-order valence-corrected chi connectivity index (χ4v) is 2.87. The molecule has 1 aliphatic heterocycles. The minimum atomic E-state index is -4.27. The Bertz CT molecular complexity index is 451. The van der Waals surface area contributed by atoms with E-state index in [1.54, 1.807) is 6.07 Å². The molecule has 0 aromatic heterocycles. The molecule has 1 aromatic rings. The summed E-state index contributed by atoms with van der Waals surface area (Å²) in [6.07, 6.45) is -3.16. The lowest BCUT2D eigenvalue weighted by Crippen LogP contribution is -2.34. The van der Waals surface area contributed by atoms with Gasteiger partial charge in [0.2, 0.25) is 0 Å². The molecule has 0 saturated carbocycles. The molecule has 0 bridgehead atoms. The van der Waals surface area contributed by atoms with Crippen LogP contribution in [0.4, 0.5) is 13.2 Å². The number of rotatable bonds is 4. The van der Waals surface area contributed by atoms with E-state index in [2.05, 4.69) is 17.1 Å². The normalized spacial score (nSPS) is 23.5. The Morgan fingerprint density at radius 2 is 2.10 bits per heavy atom. The number of hydrogen-bond acceptors (Lipinski definition) is 2. The summed E-state index contributed by atoms with van der Waals surface area (Å²) in [7, 11) is 1.96. The molecule has 0 radical (unpaired) electrons. The zero-order chi connectivity index (χ0) is 14.8. The first-order valence-electron chi connectivity index (χ1n) is 6.84. The summed E-state index contributed by atoms with van der Waals surface area (Å²) in [5.41, 5.74) is 0.352. The molecule has 5 heteroatoms. The van der Waals surface area contributed by atoms with Gasteiger partial charge < -0.3 is 10.2 Å². The fraction of sp³-hybridized carbons (Fsp3) is 0.600. The van der Waals surface area contributed by atoms with E-state index in [0.29, 0.717) is 12.1 Å². The van der Waals surface area contributed by atoms with Gasteiger partial charge in [-0.3, -0.25) is 0 Å². The predicted octanol–water partition coefficient (Wildman–Crippen LogP) is 3.14. The average molecular weight is 286 g/mol. The number of halogens is 3. The summed E-state index contributed by atoms with van der Waals surface area (Å²) in [5.74, 6) is 0. The number of hydrogen-bond donors (Lipinski definition) is 1. The fourth-order valence-electron chi connectivity index (χ4n) is 2.87. The quantitative estimate of drug-likeness (QED) is 0.915. The van der Waals surface area contributed by atoms with Crippen LogP contribution in [-0.4, -0.2) is 31.6 Å². The van der Waals surface area contributed by atoms with Crippen molar-refractivity contribution in [3.8, 4) is 0 Å². The van der Waals surface area contributed by atoms with E-state index in [9.17, 15) is 13.2 Å². The van der Waals surface area contributed by atoms with Crippen LogP contribution >= 0.6 is 0 Å². The van der Waals surface area contributed by atoms with E-state index in [1.807, 2.05) is 7.05 Å². The highest BCUT2D eigenvalue weighted by Gasteiger charge is 2.31. The molecule has 0 aliphatic carbocycles. The first kappa shape index (κ1) is 15.3. The lowest BCUT2D eigenvalue weighted by molar-refractivity contribution is -0.137. The smallest absolute Gasteiger partial charge is 0.316 e. The van der Waals surface area contributed by atoms with Crippen molar-refractivity contribution in [1.29, 1.82) is 0 Å². The number of nitrogens with one attached hydrogen (secondary N) is 1. The molecule has 1 saturated heterocycles. The minimum absolute atomic E-state index is 0.219. The SMILES string of the molecule is CN(Cc1cccc(C(F)(F)F)c1)CC1(C)CCNC1. The number of benzene rings is 1. The van der Waals surface area contributed by atoms with Crippen LogP contribution in [0.5, 0.6) is 0 Å². The summed E-state index contributed by atoms with van der Waals surface area (Å²) < 4.78 is 38.0. The third-order valence-corrected chi connectivity index (χ3v) is 3.82. The number of nitrogens with zero attached hydrogens (tertiary/aromatic N) is 1. The molecule has 1 aromatic carbocycles. The first-order chi connectivity index (χ1) is 9.28. The average Bonchev–Trinajstić information content (AvgIpc) is 2.74. The highest BCUT2D eigenvalue weighted by atomic mass is 19.4. The van der Waals surface area contributed by atoms with E-state index in [-0.39, 0.29) is 5.41 Å². The molecule has 0 amide bonds. The minimum Gasteiger partial charge on any atom is -0.316 e. The topological polar surface area (TPSA) is 15.3 Å². The van der Waals surface area contributed by atoms with Crippen molar-refractivity contribution in [3.63, 3.8) is 0 Å². The summed E-state index contributed by atoms with van der Waals surface area (Å²) in [4.78, 5) is 2.10. The van der Waals surface area contributed by atoms with Crippen LogP contribution in [0, 0.1) is 5.41 Å². The molecule has 2 rings (SSSR count). The van der Waals surface area contributed by atoms with Gasteiger partial charge in [0.1, 0.15) is 0 Å². The van der Waals surface area contributed by atoms with Gasteiger partial charge in [0.05, 0.1) is 5.56 Å². The van der Waals surface area contributed by atoms with Gasteiger partial charge in [-0.15, -0.1) is 0 Å². The Labute approximate surface area is 118 Å². The van der Waals surface area contributed by atoms with Gasteiger partial charge in [0.15, 0.2) is 0 Å². The van der Waals surface area contributed by atoms with Crippen LogP contribution < -0.4 is 5.32 Å². The Balaban J connectivity index is 1.99. The Hall–Kier alpha value is -1.07. The van der Waals surface area contributed by atoms with Crippen molar-refractivity contribution in [2.45, 2.75) is 26.1 Å². The van der Waals surface area contributed by atoms with Crippen LogP contribution in [0.2, 0.25) is 0 Å². The standard InChI is InChI=1S/C15H21F3N2/c1-14(6-7-19-10-14)11-20(2)9-12-4-3-5-13(8-12)15(16,17)18/h3-5,8,19H,6-7,9-11H2,1-2H3. The Kier molecular flexibility index (Phi) is 4.39. The lowest BCUT2D eigenvalue weighted by Gasteiger charge is -2.29. The molecule has 2 nitrogen and oxygen atoms in total. The van der Waals surface area contributed by atoms with Crippen LogP contribution in [0.25, 0.3) is 0 Å². The van der Waals surface area contributed by atoms with Crippen molar-refractivity contribution < 1.29 is 13.2 Å². The summed E-state index contributed by atoms with van der Waals surface area (Å²) in [6, 6.07) is 5.59. The molecule has 1 unspecified atom stereocenters. The van der Waals surface area contributed by atoms with Crippen molar-refractivity contribution in [3.05, 3.63) is 35.4 Å². The molecule has 112 valence electrons. The second-order valence-electron chi connectivity index (χ2n) is 6.11. The number of alkyl halides is 3. The second kappa shape index (κ2) is 5.74. The van der Waals surface area contributed by atoms with Crippen LogP contribution in [-0.2, 0) is 12.7 Å². The van der Waals surface area contributed by atoms with Crippen LogP contribution in [0.3, 0.4) is 0 Å². The second-order valence-corrected chi connectivity index (χ2v) is 6.11. The van der Waals surface area contributed by atoms with Gasteiger partial charge in [-0.05, 0) is 37.1 Å². The van der Waals surface area contributed by atoms with Crippen molar-refractivity contribution in [2.24, 2.45) is 5.41 Å². The first-order valence-corrected chi connectivity index (χ1v) is 6.84. The highest BCUT2D eigenvalue weighted by molar-refractivity contribution is 5.25. The van der Waals surface area contributed by atoms with E-state index in [0.717, 1.165) is 32.1 Å². The maximum Gasteiger partial charge on any atom is 0.416 e. The van der Waals surface area contributed by atoms with Gasteiger partial charge >= 0.3 is 6.18 Å². The maximum atomic E-state index is 12.7. The largest absolute Gasteiger partial charge is 0.416 e. The van der Waals surface area contributed by atoms with Crippen LogP contribution in [0.1, 0.15) is 24.5 Å². The van der Waals surface area contributed by atoms with Gasteiger partial charge in [0, 0.05) is 19.6 Å². The Morgan fingerprint density at radius 1 is 1.35 bits per heavy atom. The van der Waals surface area contributed by atoms with Gasteiger partial charge in [-0.2, -0.15) is 13.2 Å². The zero-order valence-corrected chi connectivity index (χ0v) is 11.9. The molecular formula is C15H21F3N2. The predicted molar refractivity (Wildman–Crippen MR) is 73.4 cm³/mol. The molecule has 1 heterocycles. The van der Waals surface area contributed by atoms with Gasteiger partial charge in [0.25, 0.3) is 0 Å². The maximum absolute atomic E-state index is 12.7. The molecule has 1 N–H and O–H groups in total. The van der Waals surface area contributed by atoms with Gasteiger partial charge in [-0.25, -0.2) is 0 Å². The molecule has 1 fully saturated rings. The van der Waals surface area contributed by atoms with Crippen molar-refractivity contribution in [2.75, 3.05) is 26.7 Å². The van der Waals surface area contributed by atoms with E-state index < -0.39 is 11.7 Å². The summed E-state index contributed by atoms with van der Waals surface area (Å²) in [6.45, 7) is 5.64. The molecule has 20 heavy (non-hydrogen) atoms. The van der Waals surface area contributed by atoms with Crippen molar-refractivity contribution >= 4 is 0 Å². The monoisotopic (exact) mass is 286 g/mol.